The van der Waals surface area contributed by atoms with Gasteiger partial charge in [0.1, 0.15) is 6.61 Å². The van der Waals surface area contributed by atoms with Crippen LogP contribution in [0.1, 0.15) is 19.4 Å². The molecule has 0 bridgehead atoms. The first-order chi connectivity index (χ1) is 14.6. The molecule has 7 heteroatoms. The van der Waals surface area contributed by atoms with Crippen LogP contribution in [0.25, 0.3) is 10.2 Å². The summed E-state index contributed by atoms with van der Waals surface area (Å²) < 4.78 is 12.9. The van der Waals surface area contributed by atoms with Crippen LogP contribution in [0.2, 0.25) is 0 Å². The van der Waals surface area contributed by atoms with Crippen molar-refractivity contribution in [3.63, 3.8) is 0 Å². The fourth-order valence-electron chi connectivity index (χ4n) is 3.53. The SMILES string of the molecule is CCN(CC)CCN(C(=O)[C@H]1COc2ccccc2O1)c1nc2ccc(C)cc2s1. The summed E-state index contributed by atoms with van der Waals surface area (Å²) in [6, 6.07) is 13.6. The van der Waals surface area contributed by atoms with Gasteiger partial charge in [0.25, 0.3) is 5.91 Å². The zero-order chi connectivity index (χ0) is 21.1. The Morgan fingerprint density at radius 1 is 1.13 bits per heavy atom. The van der Waals surface area contributed by atoms with Gasteiger partial charge in [-0.1, -0.05) is 43.4 Å². The first-order valence-electron chi connectivity index (χ1n) is 10.4. The number of carbonyl (C=O) groups is 1. The Kier molecular flexibility index (Phi) is 6.20. The largest absolute Gasteiger partial charge is 0.485 e. The molecule has 0 saturated carbocycles. The van der Waals surface area contributed by atoms with E-state index in [1.807, 2.05) is 36.4 Å². The van der Waals surface area contributed by atoms with Crippen molar-refractivity contribution in [1.29, 1.82) is 0 Å². The van der Waals surface area contributed by atoms with E-state index in [2.05, 4.69) is 31.7 Å². The Balaban J connectivity index is 1.61. The molecule has 1 aliphatic heterocycles. The van der Waals surface area contributed by atoms with E-state index in [1.54, 1.807) is 16.2 Å². The minimum Gasteiger partial charge on any atom is -0.485 e. The molecule has 2 heterocycles. The number of hydrogen-bond acceptors (Lipinski definition) is 6. The molecule has 0 saturated heterocycles. The van der Waals surface area contributed by atoms with Crippen molar-refractivity contribution in [1.82, 2.24) is 9.88 Å². The van der Waals surface area contributed by atoms with Crippen molar-refractivity contribution in [2.45, 2.75) is 26.9 Å². The van der Waals surface area contributed by atoms with Crippen LogP contribution >= 0.6 is 11.3 Å². The molecule has 1 atom stereocenters. The number of aryl methyl sites for hydroxylation is 1. The lowest BCUT2D eigenvalue weighted by atomic mass is 10.2. The number of ether oxygens (including phenoxy) is 2. The van der Waals surface area contributed by atoms with Gasteiger partial charge in [-0.25, -0.2) is 4.98 Å². The monoisotopic (exact) mass is 425 g/mol. The number of fused-ring (bicyclic) bond motifs is 2. The smallest absolute Gasteiger partial charge is 0.273 e. The molecule has 0 fully saturated rings. The molecule has 4 rings (SSSR count). The van der Waals surface area contributed by atoms with Crippen LogP contribution in [0.5, 0.6) is 11.5 Å². The van der Waals surface area contributed by atoms with E-state index in [4.69, 9.17) is 14.5 Å². The van der Waals surface area contributed by atoms with E-state index in [-0.39, 0.29) is 12.5 Å². The van der Waals surface area contributed by atoms with Gasteiger partial charge in [0.2, 0.25) is 6.10 Å². The third kappa shape index (κ3) is 4.27. The lowest BCUT2D eigenvalue weighted by Crippen LogP contribution is -2.48. The standard InChI is InChI=1S/C23H27N3O3S/c1-4-25(5-2)12-13-26(23-24-17-11-10-16(3)14-21(17)30-23)22(27)20-15-28-18-8-6-7-9-19(18)29-20/h6-11,14,20H,4-5,12-13,15H2,1-3H3/t20-/m1/s1. The summed E-state index contributed by atoms with van der Waals surface area (Å²) in [4.78, 5) is 22.3. The number of amides is 1. The van der Waals surface area contributed by atoms with Crippen molar-refractivity contribution >= 4 is 32.6 Å². The summed E-state index contributed by atoms with van der Waals surface area (Å²) >= 11 is 1.54. The third-order valence-corrected chi connectivity index (χ3v) is 6.39. The number of para-hydroxylation sites is 2. The molecule has 2 aromatic carbocycles. The van der Waals surface area contributed by atoms with Crippen molar-refractivity contribution in [2.75, 3.05) is 37.7 Å². The van der Waals surface area contributed by atoms with Gasteiger partial charge in [-0.15, -0.1) is 0 Å². The van der Waals surface area contributed by atoms with Crippen molar-refractivity contribution in [3.8, 4) is 11.5 Å². The highest BCUT2D eigenvalue weighted by Crippen LogP contribution is 2.33. The van der Waals surface area contributed by atoms with Gasteiger partial charge in [-0.3, -0.25) is 9.69 Å². The third-order valence-electron chi connectivity index (χ3n) is 5.35. The van der Waals surface area contributed by atoms with Crippen LogP contribution in [0.15, 0.2) is 42.5 Å². The number of nitrogens with zero attached hydrogens (tertiary/aromatic N) is 3. The normalized spacial score (nSPS) is 15.5. The van der Waals surface area contributed by atoms with Gasteiger partial charge >= 0.3 is 0 Å². The highest BCUT2D eigenvalue weighted by atomic mass is 32.1. The molecule has 6 nitrogen and oxygen atoms in total. The molecule has 1 aromatic heterocycles. The van der Waals surface area contributed by atoms with Gasteiger partial charge in [0, 0.05) is 13.1 Å². The molecule has 1 aliphatic rings. The second kappa shape index (κ2) is 9.02. The van der Waals surface area contributed by atoms with Crippen LogP contribution in [-0.2, 0) is 4.79 Å². The van der Waals surface area contributed by atoms with Crippen LogP contribution in [0, 0.1) is 6.92 Å². The van der Waals surface area contributed by atoms with E-state index in [0.29, 0.717) is 23.2 Å². The van der Waals surface area contributed by atoms with Gasteiger partial charge < -0.3 is 14.4 Å². The van der Waals surface area contributed by atoms with E-state index in [0.717, 1.165) is 29.9 Å². The molecule has 3 aromatic rings. The molecule has 0 spiro atoms. The summed E-state index contributed by atoms with van der Waals surface area (Å²) in [5.41, 5.74) is 2.09. The molecule has 0 radical (unpaired) electrons. The van der Waals surface area contributed by atoms with Gasteiger partial charge in [0.15, 0.2) is 16.6 Å². The summed E-state index contributed by atoms with van der Waals surface area (Å²) in [5.74, 6) is 1.16. The minimum atomic E-state index is -0.689. The summed E-state index contributed by atoms with van der Waals surface area (Å²) in [6.45, 7) is 9.73. The maximum Gasteiger partial charge on any atom is 0.273 e. The molecule has 0 aliphatic carbocycles. The molecular formula is C23H27N3O3S. The zero-order valence-corrected chi connectivity index (χ0v) is 18.4. The molecule has 158 valence electrons. The average molecular weight is 426 g/mol. The second-order valence-corrected chi connectivity index (χ2v) is 8.36. The molecular weight excluding hydrogens is 398 g/mol. The van der Waals surface area contributed by atoms with Crippen LogP contribution in [0.4, 0.5) is 5.13 Å². The van der Waals surface area contributed by atoms with Crippen molar-refractivity contribution < 1.29 is 14.3 Å². The van der Waals surface area contributed by atoms with Crippen molar-refractivity contribution in [2.24, 2.45) is 0 Å². The number of hydrogen-bond donors (Lipinski definition) is 0. The first kappa shape index (κ1) is 20.6. The molecule has 0 unspecified atom stereocenters. The Hall–Kier alpha value is -2.64. The molecule has 1 amide bonds. The lowest BCUT2D eigenvalue weighted by Gasteiger charge is -2.30. The highest BCUT2D eigenvalue weighted by molar-refractivity contribution is 7.22. The summed E-state index contributed by atoms with van der Waals surface area (Å²) in [6.07, 6.45) is -0.689. The predicted octanol–water partition coefficient (Wildman–Crippen LogP) is 4.12. The van der Waals surface area contributed by atoms with E-state index >= 15 is 0 Å². The Labute approximate surface area is 181 Å². The quantitative estimate of drug-likeness (QED) is 0.570. The van der Waals surface area contributed by atoms with Gasteiger partial charge in [-0.05, 0) is 49.8 Å². The maximum atomic E-state index is 13.5. The fraction of sp³-hybridized carbons (Fsp3) is 0.391. The van der Waals surface area contributed by atoms with Gasteiger partial charge in [-0.2, -0.15) is 0 Å². The number of benzene rings is 2. The Morgan fingerprint density at radius 2 is 1.90 bits per heavy atom. The average Bonchev–Trinajstić information content (AvgIpc) is 3.18. The lowest BCUT2D eigenvalue weighted by molar-refractivity contribution is -0.127. The first-order valence-corrected chi connectivity index (χ1v) is 11.2. The number of thiazole rings is 1. The van der Waals surface area contributed by atoms with Crippen molar-refractivity contribution in [3.05, 3.63) is 48.0 Å². The number of rotatable bonds is 7. The zero-order valence-electron chi connectivity index (χ0n) is 17.6. The van der Waals surface area contributed by atoms with Gasteiger partial charge in [0.05, 0.1) is 10.2 Å². The van der Waals surface area contributed by atoms with Crippen LogP contribution in [0.3, 0.4) is 0 Å². The predicted molar refractivity (Wildman–Crippen MR) is 121 cm³/mol. The summed E-state index contributed by atoms with van der Waals surface area (Å²) in [5, 5.41) is 0.704. The number of anilines is 1. The number of aromatic nitrogens is 1. The Morgan fingerprint density at radius 3 is 2.67 bits per heavy atom. The number of carbonyl (C=O) groups excluding carboxylic acids is 1. The van der Waals surface area contributed by atoms with Crippen LogP contribution < -0.4 is 14.4 Å². The van der Waals surface area contributed by atoms with E-state index < -0.39 is 6.10 Å². The molecule has 30 heavy (non-hydrogen) atoms. The highest BCUT2D eigenvalue weighted by Gasteiger charge is 2.33. The van der Waals surface area contributed by atoms with Crippen LogP contribution in [-0.4, -0.2) is 54.7 Å². The molecule has 0 N–H and O–H groups in total. The fourth-order valence-corrected chi connectivity index (χ4v) is 4.63. The number of likely N-dealkylation sites (N-methyl/N-ethyl adjacent to an activating group) is 1. The second-order valence-electron chi connectivity index (χ2n) is 7.35. The van der Waals surface area contributed by atoms with E-state index in [1.165, 1.54) is 5.56 Å². The van der Waals surface area contributed by atoms with E-state index in [9.17, 15) is 4.79 Å². The summed E-state index contributed by atoms with van der Waals surface area (Å²) in [7, 11) is 0. The maximum absolute atomic E-state index is 13.5. The topological polar surface area (TPSA) is 54.9 Å². The minimum absolute atomic E-state index is 0.118. The Bertz CT molecular complexity index is 1030.